The molecule has 4 N–H and O–H groups in total. The second-order valence-electron chi connectivity index (χ2n) is 4.72. The average molecular weight is 353 g/mol. The summed E-state index contributed by atoms with van der Waals surface area (Å²) in [6.07, 6.45) is -0.901. The number of carbonyl (C=O) groups is 2. The van der Waals surface area contributed by atoms with Gasteiger partial charge in [-0.3, -0.25) is 14.4 Å². The van der Waals surface area contributed by atoms with E-state index >= 15 is 0 Å². The molecule has 0 radical (unpaired) electrons. The number of alkyl halides is 1. The fourth-order valence-corrected chi connectivity index (χ4v) is 1.45. The molecule has 1 unspecified atom stereocenters. The van der Waals surface area contributed by atoms with Crippen molar-refractivity contribution in [2.24, 2.45) is 5.90 Å². The Labute approximate surface area is 141 Å². The minimum absolute atomic E-state index is 0.0463. The molecule has 0 rings (SSSR count). The number of carbonyl (C=O) groups excluding carboxylic acids is 2. The van der Waals surface area contributed by atoms with Crippen molar-refractivity contribution in [2.45, 2.75) is 19.5 Å². The lowest BCUT2D eigenvalue weighted by atomic mass is 10.4. The molecule has 0 saturated carbocycles. The smallest absolute Gasteiger partial charge is 0.248 e. The summed E-state index contributed by atoms with van der Waals surface area (Å²) in [7, 11) is 0. The maximum absolute atomic E-state index is 13.3. The number of amides is 2. The fraction of sp³-hybridized carbons (Fsp3) is 0.857. The number of rotatable bonds is 16. The largest absolute Gasteiger partial charge is 0.377 e. The molecule has 0 bridgehead atoms. The van der Waals surface area contributed by atoms with Gasteiger partial charge in [-0.25, -0.2) is 10.3 Å². The number of ether oxygens (including phenoxy) is 3. The highest BCUT2D eigenvalue weighted by Crippen LogP contribution is 1.91. The van der Waals surface area contributed by atoms with Crippen LogP contribution in [0.15, 0.2) is 0 Å². The van der Waals surface area contributed by atoms with Gasteiger partial charge in [0.1, 0.15) is 12.8 Å². The third kappa shape index (κ3) is 15.6. The van der Waals surface area contributed by atoms with Crippen LogP contribution in [0.4, 0.5) is 4.39 Å². The maximum Gasteiger partial charge on any atom is 0.248 e. The Kier molecular flexibility index (Phi) is 15.6. The van der Waals surface area contributed by atoms with Gasteiger partial charge in [-0.15, -0.1) is 0 Å². The van der Waals surface area contributed by atoms with Crippen molar-refractivity contribution in [1.29, 1.82) is 0 Å². The fourth-order valence-electron chi connectivity index (χ4n) is 1.45. The maximum atomic E-state index is 13.3. The monoisotopic (exact) mass is 353 g/mol. The molecule has 0 aromatic heterocycles. The van der Waals surface area contributed by atoms with Gasteiger partial charge in [0.2, 0.25) is 11.8 Å². The van der Waals surface area contributed by atoms with E-state index in [1.807, 2.05) is 0 Å². The molecule has 0 aliphatic heterocycles. The molecule has 24 heavy (non-hydrogen) atoms. The molecule has 0 saturated heterocycles. The van der Waals surface area contributed by atoms with Crippen LogP contribution < -0.4 is 16.5 Å². The minimum Gasteiger partial charge on any atom is -0.377 e. The van der Waals surface area contributed by atoms with Crippen LogP contribution in [0.3, 0.4) is 0 Å². The predicted molar refractivity (Wildman–Crippen MR) is 83.8 cm³/mol. The Bertz CT molecular complexity index is 336. The topological polar surface area (TPSA) is 121 Å². The van der Waals surface area contributed by atoms with Crippen LogP contribution in [-0.4, -0.2) is 77.3 Å². The summed E-state index contributed by atoms with van der Waals surface area (Å²) < 4.78 is 28.9. The molecule has 142 valence electrons. The predicted octanol–water partition coefficient (Wildman–Crippen LogP) is -1.09. The first-order valence-electron chi connectivity index (χ1n) is 7.82. The number of hydrogen-bond acceptors (Lipinski definition) is 7. The molecular weight excluding hydrogens is 325 g/mol. The third-order valence-electron chi connectivity index (χ3n) is 2.67. The van der Waals surface area contributed by atoms with Crippen LogP contribution in [0, 0.1) is 0 Å². The lowest BCUT2D eigenvalue weighted by Crippen LogP contribution is -2.32. The van der Waals surface area contributed by atoms with Gasteiger partial charge in [0.25, 0.3) is 0 Å². The van der Waals surface area contributed by atoms with Gasteiger partial charge in [-0.2, -0.15) is 0 Å². The molecule has 9 nitrogen and oxygen atoms in total. The highest BCUT2D eigenvalue weighted by molar-refractivity contribution is 5.77. The van der Waals surface area contributed by atoms with Crippen molar-refractivity contribution in [3.05, 3.63) is 0 Å². The molecule has 10 heteroatoms. The molecule has 2 amide bonds. The lowest BCUT2D eigenvalue weighted by molar-refractivity contribution is -0.126. The van der Waals surface area contributed by atoms with Crippen LogP contribution in [-0.2, 0) is 28.6 Å². The summed E-state index contributed by atoms with van der Waals surface area (Å²) in [6.45, 7) is 3.42. The number of nitrogens with two attached hydrogens (primary N) is 1. The summed E-state index contributed by atoms with van der Waals surface area (Å²) in [6, 6.07) is 0. The van der Waals surface area contributed by atoms with Crippen molar-refractivity contribution < 1.29 is 33.0 Å². The first-order chi connectivity index (χ1) is 11.6. The first kappa shape index (κ1) is 22.7. The summed E-state index contributed by atoms with van der Waals surface area (Å²) in [4.78, 5) is 26.1. The van der Waals surface area contributed by atoms with Crippen molar-refractivity contribution in [1.82, 2.24) is 10.6 Å². The average Bonchev–Trinajstić information content (AvgIpc) is 2.57. The van der Waals surface area contributed by atoms with E-state index in [9.17, 15) is 14.0 Å². The molecule has 0 aromatic carbocycles. The van der Waals surface area contributed by atoms with Gasteiger partial charge in [-0.05, 0) is 0 Å². The molecule has 0 aliphatic rings. The van der Waals surface area contributed by atoms with Crippen molar-refractivity contribution in [3.63, 3.8) is 0 Å². The molecule has 0 aliphatic carbocycles. The molecule has 0 aromatic rings. The zero-order valence-electron chi connectivity index (χ0n) is 14.1. The highest BCUT2D eigenvalue weighted by atomic mass is 19.1. The zero-order chi connectivity index (χ0) is 18.0. The van der Waals surface area contributed by atoms with Crippen molar-refractivity contribution in [3.8, 4) is 0 Å². The van der Waals surface area contributed by atoms with Gasteiger partial charge in [0.05, 0.1) is 46.2 Å². The van der Waals surface area contributed by atoms with Crippen molar-refractivity contribution in [2.75, 3.05) is 59.3 Å². The summed E-state index contributed by atoms with van der Waals surface area (Å²) in [5.41, 5.74) is 0. The van der Waals surface area contributed by atoms with Crippen LogP contribution in [0.2, 0.25) is 0 Å². The van der Waals surface area contributed by atoms with E-state index in [0.717, 1.165) is 0 Å². The van der Waals surface area contributed by atoms with Crippen LogP contribution >= 0.6 is 0 Å². The van der Waals surface area contributed by atoms with Gasteiger partial charge in [-0.1, -0.05) is 6.92 Å². The quantitative estimate of drug-likeness (QED) is 0.238. The lowest BCUT2D eigenvalue weighted by Gasteiger charge is -2.10. The zero-order valence-corrected chi connectivity index (χ0v) is 14.1. The molecule has 1 atom stereocenters. The second-order valence-corrected chi connectivity index (χ2v) is 4.72. The standard InChI is InChI=1S/C14H28FN3O6/c1-2-13(19)18-9-12(15)10-23-8-7-22-6-5-21-4-3-17-14(20)11-24-16/h12H,2-11,16H2,1H3,(H,17,20)(H,18,19). The summed E-state index contributed by atoms with van der Waals surface area (Å²) in [5.74, 6) is 4.25. The Balaban J connectivity index is 3.22. The number of hydrogen-bond donors (Lipinski definition) is 3. The minimum atomic E-state index is -1.23. The third-order valence-corrected chi connectivity index (χ3v) is 2.67. The van der Waals surface area contributed by atoms with Gasteiger partial charge >= 0.3 is 0 Å². The van der Waals surface area contributed by atoms with E-state index in [1.165, 1.54) is 0 Å². The van der Waals surface area contributed by atoms with E-state index in [4.69, 9.17) is 20.1 Å². The Morgan fingerprint density at radius 2 is 1.62 bits per heavy atom. The van der Waals surface area contributed by atoms with Crippen LogP contribution in [0.5, 0.6) is 0 Å². The highest BCUT2D eigenvalue weighted by Gasteiger charge is 2.07. The van der Waals surface area contributed by atoms with Crippen LogP contribution in [0.1, 0.15) is 13.3 Å². The normalized spacial score (nSPS) is 12.0. The second kappa shape index (κ2) is 16.5. The van der Waals surface area contributed by atoms with Gasteiger partial charge in [0, 0.05) is 13.0 Å². The molecule has 0 fully saturated rings. The van der Waals surface area contributed by atoms with Crippen molar-refractivity contribution >= 4 is 11.8 Å². The number of halogens is 1. The Morgan fingerprint density at radius 3 is 2.25 bits per heavy atom. The van der Waals surface area contributed by atoms with E-state index in [0.29, 0.717) is 39.4 Å². The Hall–Kier alpha value is -1.33. The van der Waals surface area contributed by atoms with E-state index in [-0.39, 0.29) is 38.2 Å². The molecule has 0 heterocycles. The summed E-state index contributed by atoms with van der Waals surface area (Å²) >= 11 is 0. The first-order valence-corrected chi connectivity index (χ1v) is 7.82. The van der Waals surface area contributed by atoms with E-state index < -0.39 is 6.17 Å². The van der Waals surface area contributed by atoms with E-state index in [2.05, 4.69) is 15.5 Å². The van der Waals surface area contributed by atoms with E-state index in [1.54, 1.807) is 6.92 Å². The number of nitrogens with one attached hydrogen (secondary N) is 2. The van der Waals surface area contributed by atoms with Gasteiger partial charge < -0.3 is 24.8 Å². The molecular formula is C14H28FN3O6. The van der Waals surface area contributed by atoms with Gasteiger partial charge in [0.15, 0.2) is 0 Å². The SMILES string of the molecule is CCC(=O)NCC(F)COCCOCCOCCNC(=O)CON. The summed E-state index contributed by atoms with van der Waals surface area (Å²) in [5, 5.41) is 4.99. The molecule has 0 spiro atoms. The Morgan fingerprint density at radius 1 is 1.00 bits per heavy atom. The van der Waals surface area contributed by atoms with Crippen LogP contribution in [0.25, 0.3) is 0 Å².